The van der Waals surface area contributed by atoms with Gasteiger partial charge in [0.2, 0.25) is 5.91 Å². The number of nitriles is 1. The first-order chi connectivity index (χ1) is 18.2. The van der Waals surface area contributed by atoms with E-state index >= 15 is 0 Å². The Morgan fingerprint density at radius 3 is 2.26 bits per heavy atom. The van der Waals surface area contributed by atoms with Crippen LogP contribution in [0.1, 0.15) is 52.2 Å². The van der Waals surface area contributed by atoms with Crippen LogP contribution in [0, 0.1) is 11.3 Å². The topological polar surface area (TPSA) is 88.9 Å². The van der Waals surface area contributed by atoms with Crippen LogP contribution in [0.25, 0.3) is 0 Å². The van der Waals surface area contributed by atoms with Crippen LogP contribution in [0.4, 0.5) is 10.5 Å². The zero-order valence-electron chi connectivity index (χ0n) is 23.3. The Balaban J connectivity index is 0.00000195. The molecule has 0 unspecified atom stereocenters. The highest BCUT2D eigenvalue weighted by molar-refractivity contribution is 5.83. The Morgan fingerprint density at radius 2 is 1.63 bits per heavy atom. The van der Waals surface area contributed by atoms with E-state index in [0.717, 1.165) is 11.3 Å². The highest BCUT2D eigenvalue weighted by atomic mass is 16.6. The summed E-state index contributed by atoms with van der Waals surface area (Å²) in [5.74, 6) is 0.0904. The van der Waals surface area contributed by atoms with Crippen molar-refractivity contribution in [3.63, 3.8) is 0 Å². The molecular weight excluding hydrogens is 478 g/mol. The quantitative estimate of drug-likeness (QED) is 0.630. The summed E-state index contributed by atoms with van der Waals surface area (Å²) in [4.78, 5) is 32.4. The number of nitrogens with one attached hydrogen (secondary N) is 1. The summed E-state index contributed by atoms with van der Waals surface area (Å²) in [6.45, 7) is 13.3. The standard InChI is InChI=1S/C28H35N5O3.C2H6/c1-28(2,3)36-27(35)30-23-17-25(33(20-23)19-21-9-5-4-6-10-21)26(34)32-15-13-31(14-16-32)24-12-8-7-11-22(24)18-29;1-2/h4-12,23,25H,13-17,19-20H2,1-3H3,(H,30,35);1-2H3/t23-,25-;/m0./s1. The molecule has 2 amide bonds. The van der Waals surface area contributed by atoms with E-state index in [2.05, 4.69) is 33.3 Å². The van der Waals surface area contributed by atoms with Crippen molar-refractivity contribution in [3.8, 4) is 6.07 Å². The Labute approximate surface area is 227 Å². The molecule has 0 aliphatic carbocycles. The molecule has 2 atom stereocenters. The van der Waals surface area contributed by atoms with E-state index in [4.69, 9.17) is 4.74 Å². The van der Waals surface area contributed by atoms with E-state index in [0.29, 0.717) is 51.3 Å². The van der Waals surface area contributed by atoms with Crippen molar-refractivity contribution in [2.45, 2.75) is 65.3 Å². The number of likely N-dealkylation sites (tertiary alicyclic amines) is 1. The van der Waals surface area contributed by atoms with Crippen molar-refractivity contribution in [1.29, 1.82) is 5.26 Å². The van der Waals surface area contributed by atoms with Crippen molar-refractivity contribution in [3.05, 3.63) is 65.7 Å². The molecule has 1 N–H and O–H groups in total. The number of rotatable bonds is 5. The normalized spacial score (nSPS) is 19.7. The lowest BCUT2D eigenvalue weighted by Gasteiger charge is -2.38. The number of hydrogen-bond acceptors (Lipinski definition) is 6. The first-order valence-corrected chi connectivity index (χ1v) is 13.5. The van der Waals surface area contributed by atoms with Gasteiger partial charge in [0.1, 0.15) is 11.7 Å². The van der Waals surface area contributed by atoms with E-state index in [1.807, 2.05) is 82.0 Å². The second kappa shape index (κ2) is 13.3. The molecule has 8 nitrogen and oxygen atoms in total. The summed E-state index contributed by atoms with van der Waals surface area (Å²) >= 11 is 0. The van der Waals surface area contributed by atoms with Crippen molar-refractivity contribution in [1.82, 2.24) is 15.1 Å². The molecule has 0 radical (unpaired) electrons. The van der Waals surface area contributed by atoms with Crippen molar-refractivity contribution in [2.75, 3.05) is 37.6 Å². The fourth-order valence-electron chi connectivity index (χ4n) is 4.95. The minimum absolute atomic E-state index is 0.0904. The third kappa shape index (κ3) is 7.72. The van der Waals surface area contributed by atoms with Gasteiger partial charge in [-0.15, -0.1) is 0 Å². The fraction of sp³-hybridized carbons (Fsp3) is 0.500. The van der Waals surface area contributed by atoms with Gasteiger partial charge in [0.25, 0.3) is 0 Å². The van der Waals surface area contributed by atoms with Crippen LogP contribution in [0.2, 0.25) is 0 Å². The molecule has 2 aliphatic heterocycles. The average Bonchev–Trinajstić information content (AvgIpc) is 3.30. The summed E-state index contributed by atoms with van der Waals surface area (Å²) in [6.07, 6.45) is 0.0904. The van der Waals surface area contributed by atoms with Gasteiger partial charge in [-0.3, -0.25) is 9.69 Å². The van der Waals surface area contributed by atoms with Crippen LogP contribution in [0.3, 0.4) is 0 Å². The maximum absolute atomic E-state index is 13.7. The van der Waals surface area contributed by atoms with Crippen molar-refractivity contribution in [2.24, 2.45) is 0 Å². The van der Waals surface area contributed by atoms with Gasteiger partial charge in [0.15, 0.2) is 0 Å². The third-order valence-electron chi connectivity index (χ3n) is 6.59. The molecular formula is C30H41N5O3. The van der Waals surface area contributed by atoms with Gasteiger partial charge in [-0.1, -0.05) is 56.3 Å². The summed E-state index contributed by atoms with van der Waals surface area (Å²) in [7, 11) is 0. The monoisotopic (exact) mass is 519 g/mol. The van der Waals surface area contributed by atoms with Crippen LogP contribution in [-0.2, 0) is 16.1 Å². The summed E-state index contributed by atoms with van der Waals surface area (Å²) in [6, 6.07) is 19.5. The zero-order valence-corrected chi connectivity index (χ0v) is 23.3. The van der Waals surface area contributed by atoms with Crippen LogP contribution < -0.4 is 10.2 Å². The molecule has 4 rings (SSSR count). The van der Waals surface area contributed by atoms with Crippen LogP contribution >= 0.6 is 0 Å². The van der Waals surface area contributed by atoms with Gasteiger partial charge in [0, 0.05) is 45.3 Å². The number of benzene rings is 2. The number of hydrogen-bond donors (Lipinski definition) is 1. The number of carbonyl (C=O) groups excluding carboxylic acids is 2. The van der Waals surface area contributed by atoms with Crippen LogP contribution in [0.15, 0.2) is 54.6 Å². The van der Waals surface area contributed by atoms with Gasteiger partial charge in [-0.05, 0) is 44.9 Å². The van der Waals surface area contributed by atoms with Crippen molar-refractivity contribution >= 4 is 17.7 Å². The number of alkyl carbamates (subject to hydrolysis) is 1. The minimum atomic E-state index is -0.578. The zero-order chi connectivity index (χ0) is 27.7. The molecule has 8 heteroatoms. The number of carbonyl (C=O) groups is 2. The maximum Gasteiger partial charge on any atom is 0.407 e. The van der Waals surface area contributed by atoms with Gasteiger partial charge in [-0.25, -0.2) is 4.79 Å². The predicted molar refractivity (Wildman–Crippen MR) is 150 cm³/mol. The molecule has 38 heavy (non-hydrogen) atoms. The molecule has 204 valence electrons. The highest BCUT2D eigenvalue weighted by Crippen LogP contribution is 2.25. The molecule has 0 spiro atoms. The number of anilines is 1. The number of amides is 2. The number of ether oxygens (including phenoxy) is 1. The average molecular weight is 520 g/mol. The molecule has 0 bridgehead atoms. The molecule has 2 aliphatic rings. The molecule has 2 saturated heterocycles. The largest absolute Gasteiger partial charge is 0.444 e. The molecule has 0 aromatic heterocycles. The number of para-hydroxylation sites is 1. The lowest BCUT2D eigenvalue weighted by atomic mass is 10.1. The molecule has 2 heterocycles. The van der Waals surface area contributed by atoms with E-state index < -0.39 is 11.7 Å². The second-order valence-corrected chi connectivity index (χ2v) is 10.5. The maximum atomic E-state index is 13.7. The summed E-state index contributed by atoms with van der Waals surface area (Å²) in [5, 5.41) is 12.4. The lowest BCUT2D eigenvalue weighted by molar-refractivity contribution is -0.136. The van der Waals surface area contributed by atoms with E-state index in [1.165, 1.54) is 0 Å². The Kier molecular flexibility index (Phi) is 10.1. The van der Waals surface area contributed by atoms with Crippen molar-refractivity contribution < 1.29 is 14.3 Å². The molecule has 2 fully saturated rings. The molecule has 2 aromatic rings. The highest BCUT2D eigenvalue weighted by Gasteiger charge is 2.40. The SMILES string of the molecule is CC.CC(C)(C)OC(=O)N[C@H]1C[C@@H](C(=O)N2CCN(c3ccccc3C#N)CC2)N(Cc2ccccc2)C1. The number of piperazine rings is 1. The smallest absolute Gasteiger partial charge is 0.407 e. The van der Waals surface area contributed by atoms with Crippen LogP contribution in [-0.4, -0.2) is 72.2 Å². The second-order valence-electron chi connectivity index (χ2n) is 10.5. The van der Waals surface area contributed by atoms with E-state index in [9.17, 15) is 14.9 Å². The summed E-state index contributed by atoms with van der Waals surface area (Å²) in [5.41, 5.74) is 2.12. The number of nitrogens with zero attached hydrogens (tertiary/aromatic N) is 4. The Hall–Kier alpha value is -3.57. The molecule has 2 aromatic carbocycles. The summed E-state index contributed by atoms with van der Waals surface area (Å²) < 4.78 is 5.45. The minimum Gasteiger partial charge on any atom is -0.444 e. The first kappa shape index (κ1) is 29.0. The third-order valence-corrected chi connectivity index (χ3v) is 6.59. The lowest BCUT2D eigenvalue weighted by Crippen LogP contribution is -2.53. The van der Waals surface area contributed by atoms with Gasteiger partial charge < -0.3 is 19.9 Å². The first-order valence-electron chi connectivity index (χ1n) is 13.5. The fourth-order valence-corrected chi connectivity index (χ4v) is 4.95. The van der Waals surface area contributed by atoms with Gasteiger partial charge >= 0.3 is 6.09 Å². The van der Waals surface area contributed by atoms with E-state index in [-0.39, 0.29) is 18.0 Å². The van der Waals surface area contributed by atoms with Gasteiger partial charge in [0.05, 0.1) is 17.3 Å². The van der Waals surface area contributed by atoms with Crippen LogP contribution in [0.5, 0.6) is 0 Å². The molecule has 0 saturated carbocycles. The predicted octanol–water partition coefficient (Wildman–Crippen LogP) is 4.40. The van der Waals surface area contributed by atoms with E-state index in [1.54, 1.807) is 0 Å². The van der Waals surface area contributed by atoms with Gasteiger partial charge in [-0.2, -0.15) is 5.26 Å². The Bertz CT molecular complexity index is 1100. The Morgan fingerprint density at radius 1 is 1.00 bits per heavy atom.